The van der Waals surface area contributed by atoms with Gasteiger partial charge in [0.25, 0.3) is 0 Å². The van der Waals surface area contributed by atoms with Crippen LogP contribution in [0.4, 0.5) is 22.7 Å². The van der Waals surface area contributed by atoms with Gasteiger partial charge < -0.3 is 50.4 Å². The van der Waals surface area contributed by atoms with Gasteiger partial charge in [-0.05, 0) is 125 Å². The first-order valence-electron chi connectivity index (χ1n) is 25.5. The van der Waals surface area contributed by atoms with E-state index >= 15 is 0 Å². The van der Waals surface area contributed by atoms with Gasteiger partial charge in [0.1, 0.15) is 11.6 Å². The molecule has 0 radical (unpaired) electrons. The van der Waals surface area contributed by atoms with E-state index in [2.05, 4.69) is 39.9 Å². The molecule has 0 fully saturated rings. The molecule has 464 valence electrons. The van der Waals surface area contributed by atoms with Crippen molar-refractivity contribution in [2.75, 3.05) is 0 Å². The first-order chi connectivity index (χ1) is 40.1. The van der Waals surface area contributed by atoms with Crippen molar-refractivity contribution in [1.82, 2.24) is 19.9 Å². The summed E-state index contributed by atoms with van der Waals surface area (Å²) in [5, 5.41) is 91.6. The van der Waals surface area contributed by atoms with Crippen molar-refractivity contribution in [3.05, 3.63) is 265 Å². The number of pyridine rings is 4. The second-order valence-corrected chi connectivity index (χ2v) is 17.6. The van der Waals surface area contributed by atoms with Crippen LogP contribution in [-0.4, -0.2) is 54.3 Å². The number of ketones is 2. The van der Waals surface area contributed by atoms with E-state index in [1.54, 1.807) is 170 Å². The number of Topliss-reactive ketones (excluding diaryl/α,β-unsaturated/α-hetero) is 2. The number of aromatic nitrogens is 4. The van der Waals surface area contributed by atoms with Gasteiger partial charge in [-0.1, -0.05) is 148 Å². The molecule has 4 aromatic heterocycles. The monoisotopic (exact) mass is 1550 g/mol. The smallest absolute Gasteiger partial charge is 0.876 e. The van der Waals surface area contributed by atoms with Gasteiger partial charge in [0.05, 0.1) is 68.4 Å². The molecule has 0 saturated carbocycles. The van der Waals surface area contributed by atoms with Gasteiger partial charge in [0.2, 0.25) is 0 Å². The average molecular weight is 1550 g/mol. The molecule has 0 unspecified atom stereocenters. The zero-order valence-electron chi connectivity index (χ0n) is 48.7. The van der Waals surface area contributed by atoms with Crippen molar-refractivity contribution in [3.8, 4) is 23.0 Å². The second-order valence-electron chi connectivity index (χ2n) is 17.6. The summed E-state index contributed by atoms with van der Waals surface area (Å²) in [7, 11) is 0. The molecule has 8 rings (SSSR count). The number of nitrogens with zero attached hydrogens (tertiary/aromatic N) is 8. The average Bonchev–Trinajstić information content (AvgIpc) is 3.65. The largest absolute Gasteiger partial charge is 2.00 e. The minimum Gasteiger partial charge on any atom is -0.876 e. The van der Waals surface area contributed by atoms with Crippen LogP contribution < -0.4 is 40.9 Å². The summed E-state index contributed by atoms with van der Waals surface area (Å²) in [5.74, 6) is -0.998. The van der Waals surface area contributed by atoms with Crippen LogP contribution in [0.25, 0.3) is 0 Å². The van der Waals surface area contributed by atoms with Gasteiger partial charge >= 0.3 is 81.7 Å². The number of hydrogen-bond acceptors (Lipinski definition) is 18. The molecular formula is C66H60N8O10Pd4. The molecule has 0 amide bonds. The number of allylic oxidation sites excluding steroid dienone is 8. The SMILES string of the molecule is C/C([O-])=C/C(=Nc1ccccc1[O-])c1ccccn1.C/C([O-])=C/C(=Nc1ccccc1[O-])c1ccccn1.C/C([O-])=C/C(=Nc1ccccc1[O-])c1ccccn1.C/C([O-])=C/C(=Nc1ccccc1[O-])c1ccccn1.CC(C)=O.CC(C)=O.[Pd+2].[Pd+2].[Pd+2].[Pd+2]. The Morgan fingerprint density at radius 2 is 0.455 bits per heavy atom. The van der Waals surface area contributed by atoms with E-state index in [1.807, 2.05) is 0 Å². The van der Waals surface area contributed by atoms with Crippen LogP contribution in [0, 0.1) is 0 Å². The second kappa shape index (κ2) is 45.8. The molecule has 0 spiro atoms. The normalized spacial score (nSPS) is 11.4. The van der Waals surface area contributed by atoms with Crippen molar-refractivity contribution < 1.29 is 132 Å². The fraction of sp³-hybridized carbons (Fsp3) is 0.121. The number of hydrogen-bond donors (Lipinski definition) is 0. The van der Waals surface area contributed by atoms with Gasteiger partial charge in [-0.2, -0.15) is 0 Å². The summed E-state index contributed by atoms with van der Waals surface area (Å²) in [5.41, 5.74) is 4.94. The van der Waals surface area contributed by atoms with Crippen LogP contribution in [0.3, 0.4) is 0 Å². The van der Waals surface area contributed by atoms with Crippen LogP contribution in [0.2, 0.25) is 0 Å². The molecule has 0 bridgehead atoms. The zero-order chi connectivity index (χ0) is 61.8. The first kappa shape index (κ1) is 81.6. The third kappa shape index (κ3) is 34.0. The maximum absolute atomic E-state index is 11.6. The molecular weight excluding hydrogens is 1490 g/mol. The Bertz CT molecular complexity index is 3140. The van der Waals surface area contributed by atoms with Crippen LogP contribution in [0.1, 0.15) is 78.2 Å². The Kier molecular flexibility index (Phi) is 42.4. The fourth-order valence-electron chi connectivity index (χ4n) is 6.20. The minimum atomic E-state index is -0.187. The van der Waals surface area contributed by atoms with Gasteiger partial charge in [0.15, 0.2) is 0 Å². The van der Waals surface area contributed by atoms with E-state index < -0.39 is 0 Å². The summed E-state index contributed by atoms with van der Waals surface area (Å²) in [4.78, 5) is 52.4. The molecule has 0 N–H and O–H groups in total. The van der Waals surface area contributed by atoms with Gasteiger partial charge in [0, 0.05) is 24.8 Å². The van der Waals surface area contributed by atoms with Gasteiger partial charge in [-0.15, -0.1) is 23.0 Å². The van der Waals surface area contributed by atoms with Crippen molar-refractivity contribution in [3.63, 3.8) is 0 Å². The topological polar surface area (TPSA) is 320 Å². The number of carbonyl (C=O) groups excluding carboxylic acids is 2. The predicted octanol–water partition coefficient (Wildman–Crippen LogP) is 7.34. The van der Waals surface area contributed by atoms with Crippen molar-refractivity contribution in [2.45, 2.75) is 55.4 Å². The molecule has 4 heterocycles. The Hall–Kier alpha value is -8.49. The summed E-state index contributed by atoms with van der Waals surface area (Å²) in [6.07, 6.45) is 11.9. The Morgan fingerprint density at radius 3 is 0.591 bits per heavy atom. The van der Waals surface area contributed by atoms with Crippen LogP contribution in [-0.2, 0) is 91.3 Å². The van der Waals surface area contributed by atoms with Crippen molar-refractivity contribution in [2.24, 2.45) is 20.0 Å². The quantitative estimate of drug-likeness (QED) is 0.0656. The Balaban J connectivity index is 0. The molecule has 8 aromatic rings. The van der Waals surface area contributed by atoms with Crippen LogP contribution >= 0.6 is 0 Å². The van der Waals surface area contributed by atoms with Gasteiger partial charge in [-0.25, -0.2) is 20.0 Å². The number of carbonyl (C=O) groups is 2. The maximum atomic E-state index is 11.6. The molecule has 0 saturated heterocycles. The Morgan fingerprint density at radius 1 is 0.295 bits per heavy atom. The van der Waals surface area contributed by atoms with E-state index in [-0.39, 0.29) is 139 Å². The van der Waals surface area contributed by atoms with Crippen molar-refractivity contribution in [1.29, 1.82) is 0 Å². The predicted molar refractivity (Wildman–Crippen MR) is 313 cm³/mol. The third-order valence-electron chi connectivity index (χ3n) is 9.49. The minimum absolute atomic E-state index is 0. The summed E-state index contributed by atoms with van der Waals surface area (Å²) < 4.78 is 0. The standard InChI is InChI=1S/4C15H14N2O2.2C3H6O.4Pd/c4*1-11(18)10-14(12-6-4-5-9-16-12)17-13-7-2-3-8-15(13)19;2*1-3(2)4;;;;/h4*2-10,18-19H,1H3;2*1-2H3;;;;/q;;;;;;4*+2/p-8/b4*11-10-,17-14?;;;;;;. The summed E-state index contributed by atoms with van der Waals surface area (Å²) >= 11 is 0. The summed E-state index contributed by atoms with van der Waals surface area (Å²) in [6.45, 7) is 11.8. The first-order valence-corrected chi connectivity index (χ1v) is 25.5. The number of aliphatic imine (C=N–C) groups is 4. The third-order valence-corrected chi connectivity index (χ3v) is 9.49. The van der Waals surface area contributed by atoms with E-state index in [0.29, 0.717) is 68.4 Å². The molecule has 0 aliphatic rings. The maximum Gasteiger partial charge on any atom is 2.00 e. The Labute approximate surface area is 567 Å². The van der Waals surface area contributed by atoms with Crippen LogP contribution in [0.5, 0.6) is 23.0 Å². The molecule has 88 heavy (non-hydrogen) atoms. The molecule has 0 aliphatic carbocycles. The molecule has 0 aliphatic heterocycles. The van der Waals surface area contributed by atoms with E-state index in [4.69, 9.17) is 0 Å². The molecule has 22 heteroatoms. The van der Waals surface area contributed by atoms with Crippen molar-refractivity contribution >= 4 is 57.2 Å². The van der Waals surface area contributed by atoms with Crippen LogP contribution in [0.15, 0.2) is 262 Å². The number of rotatable bonds is 12. The number of benzene rings is 4. The van der Waals surface area contributed by atoms with E-state index in [1.165, 1.54) is 104 Å². The number of para-hydroxylation sites is 8. The van der Waals surface area contributed by atoms with E-state index in [0.717, 1.165) is 0 Å². The zero-order valence-corrected chi connectivity index (χ0v) is 54.9. The fourth-order valence-corrected chi connectivity index (χ4v) is 6.20. The summed E-state index contributed by atoms with van der Waals surface area (Å²) in [6, 6.07) is 46.9. The molecule has 0 atom stereocenters. The van der Waals surface area contributed by atoms with E-state index in [9.17, 15) is 50.4 Å². The van der Waals surface area contributed by atoms with Gasteiger partial charge in [-0.3, -0.25) is 19.9 Å². The molecule has 4 aromatic carbocycles. The molecule has 18 nitrogen and oxygen atoms in total.